The van der Waals surface area contributed by atoms with E-state index in [0.29, 0.717) is 18.1 Å². The number of piperazine rings is 1. The Hall–Kier alpha value is -1.94. The molecule has 10 heteroatoms. The zero-order valence-corrected chi connectivity index (χ0v) is 15.7. The molecule has 2 aromatic rings. The van der Waals surface area contributed by atoms with E-state index in [1.165, 1.54) is 10.5 Å². The second kappa shape index (κ2) is 7.75. The number of rotatable bonds is 5. The average Bonchev–Trinajstić information content (AvgIpc) is 3.13. The van der Waals surface area contributed by atoms with Gasteiger partial charge >= 0.3 is 5.97 Å². The van der Waals surface area contributed by atoms with Gasteiger partial charge in [-0.15, -0.1) is 0 Å². The number of ether oxygens (including phenoxy) is 1. The number of halogens is 1. The predicted octanol–water partition coefficient (Wildman–Crippen LogP) is 1.58. The van der Waals surface area contributed by atoms with E-state index in [9.17, 15) is 13.2 Å². The van der Waals surface area contributed by atoms with Crippen molar-refractivity contribution in [2.75, 3.05) is 26.2 Å². The van der Waals surface area contributed by atoms with Crippen molar-refractivity contribution in [1.29, 1.82) is 0 Å². The molecule has 0 aliphatic carbocycles. The van der Waals surface area contributed by atoms with Crippen molar-refractivity contribution < 1.29 is 17.9 Å². The van der Waals surface area contributed by atoms with Crippen molar-refractivity contribution in [3.8, 4) is 0 Å². The number of aromatic amines is 1. The molecule has 0 radical (unpaired) electrons. The van der Waals surface area contributed by atoms with Crippen LogP contribution in [0.15, 0.2) is 35.5 Å². The number of carbonyl (C=O) groups excluding carboxylic acids is 1. The highest BCUT2D eigenvalue weighted by Crippen LogP contribution is 2.30. The largest absolute Gasteiger partial charge is 0.462 e. The predicted molar refractivity (Wildman–Crippen MR) is 95.5 cm³/mol. The summed E-state index contributed by atoms with van der Waals surface area (Å²) >= 11 is 6.06. The van der Waals surface area contributed by atoms with Crippen molar-refractivity contribution in [2.24, 2.45) is 0 Å². The van der Waals surface area contributed by atoms with Gasteiger partial charge in [-0.05, 0) is 24.6 Å². The second-order valence-corrected chi connectivity index (χ2v) is 7.99. The van der Waals surface area contributed by atoms with Gasteiger partial charge in [0.15, 0.2) is 5.03 Å². The number of nitrogens with one attached hydrogen (secondary N) is 2. The third-order valence-electron chi connectivity index (χ3n) is 4.09. The van der Waals surface area contributed by atoms with Crippen LogP contribution in [0.4, 0.5) is 0 Å². The lowest BCUT2D eigenvalue weighted by atomic mass is 10.1. The smallest absolute Gasteiger partial charge is 0.342 e. The number of carbonyl (C=O) groups is 1. The van der Waals surface area contributed by atoms with Gasteiger partial charge in [-0.25, -0.2) is 13.2 Å². The number of H-pyrrole nitrogens is 1. The third-order valence-corrected chi connectivity index (χ3v) is 6.21. The first-order valence-electron chi connectivity index (χ1n) is 8.13. The Morgan fingerprint density at radius 1 is 1.46 bits per heavy atom. The van der Waals surface area contributed by atoms with Crippen LogP contribution in [-0.4, -0.2) is 55.1 Å². The summed E-state index contributed by atoms with van der Waals surface area (Å²) in [6.45, 7) is 2.97. The van der Waals surface area contributed by atoms with E-state index in [1.807, 2.05) is 6.07 Å². The summed E-state index contributed by atoms with van der Waals surface area (Å²) in [5.74, 6) is -0.728. The van der Waals surface area contributed by atoms with Gasteiger partial charge in [-0.3, -0.25) is 5.10 Å². The number of benzene rings is 1. The monoisotopic (exact) mass is 398 g/mol. The molecule has 3 rings (SSSR count). The molecule has 1 aromatic carbocycles. The molecule has 2 N–H and O–H groups in total. The van der Waals surface area contributed by atoms with Gasteiger partial charge in [0.1, 0.15) is 5.56 Å². The van der Waals surface area contributed by atoms with E-state index < -0.39 is 22.0 Å². The van der Waals surface area contributed by atoms with Gasteiger partial charge in [-0.1, -0.05) is 23.7 Å². The van der Waals surface area contributed by atoms with Crippen molar-refractivity contribution in [2.45, 2.75) is 18.0 Å². The van der Waals surface area contributed by atoms with E-state index in [-0.39, 0.29) is 23.7 Å². The fraction of sp³-hybridized carbons (Fsp3) is 0.375. The van der Waals surface area contributed by atoms with Crippen LogP contribution in [0.3, 0.4) is 0 Å². The number of esters is 1. The highest BCUT2D eigenvalue weighted by Gasteiger charge is 2.38. The third kappa shape index (κ3) is 3.61. The quantitative estimate of drug-likeness (QED) is 0.741. The maximum absolute atomic E-state index is 13.2. The van der Waals surface area contributed by atoms with Crippen LogP contribution in [0.2, 0.25) is 5.02 Å². The van der Waals surface area contributed by atoms with Crippen LogP contribution in [0.25, 0.3) is 0 Å². The van der Waals surface area contributed by atoms with Gasteiger partial charge in [0.2, 0.25) is 0 Å². The summed E-state index contributed by atoms with van der Waals surface area (Å²) in [5, 5.41) is 9.63. The number of hydrogen-bond acceptors (Lipinski definition) is 6. The molecular weight excluding hydrogens is 380 g/mol. The zero-order chi connectivity index (χ0) is 18.7. The van der Waals surface area contributed by atoms with Crippen molar-refractivity contribution in [1.82, 2.24) is 19.8 Å². The molecule has 140 valence electrons. The Bertz CT molecular complexity index is 899. The van der Waals surface area contributed by atoms with Crippen LogP contribution in [0, 0.1) is 0 Å². The van der Waals surface area contributed by atoms with E-state index in [1.54, 1.807) is 25.1 Å². The first kappa shape index (κ1) is 18.8. The van der Waals surface area contributed by atoms with Crippen LogP contribution < -0.4 is 5.32 Å². The molecule has 0 saturated carbocycles. The molecule has 8 nitrogen and oxygen atoms in total. The second-order valence-electron chi connectivity index (χ2n) is 5.72. The normalized spacial score (nSPS) is 18.6. The summed E-state index contributed by atoms with van der Waals surface area (Å²) in [6.07, 6.45) is 1.17. The summed E-state index contributed by atoms with van der Waals surface area (Å²) in [5.41, 5.74) is 0.667. The molecular formula is C16H19ClN4O4S. The first-order valence-corrected chi connectivity index (χ1v) is 9.95. The average molecular weight is 399 g/mol. The van der Waals surface area contributed by atoms with Crippen LogP contribution >= 0.6 is 11.6 Å². The van der Waals surface area contributed by atoms with Crippen molar-refractivity contribution >= 4 is 27.6 Å². The molecule has 1 saturated heterocycles. The molecule has 1 aromatic heterocycles. The molecule has 2 heterocycles. The minimum absolute atomic E-state index is 0.102. The maximum Gasteiger partial charge on any atom is 0.342 e. The highest BCUT2D eigenvalue weighted by atomic mass is 35.5. The Labute approximate surface area is 156 Å². The van der Waals surface area contributed by atoms with E-state index in [2.05, 4.69) is 15.5 Å². The number of nitrogens with zero attached hydrogens (tertiary/aromatic N) is 2. The summed E-state index contributed by atoms with van der Waals surface area (Å²) in [4.78, 5) is 12.1. The van der Waals surface area contributed by atoms with Gasteiger partial charge < -0.3 is 10.1 Å². The lowest BCUT2D eigenvalue weighted by molar-refractivity contribution is 0.0521. The molecule has 0 amide bonds. The SMILES string of the molecule is CCOC(=O)c1cn[nH]c1S(=O)(=O)N1CCNCC1c1cccc(Cl)c1. The maximum atomic E-state index is 13.2. The van der Waals surface area contributed by atoms with Crippen LogP contribution in [0.5, 0.6) is 0 Å². The summed E-state index contributed by atoms with van der Waals surface area (Å²) < 4.78 is 32.7. The number of aromatic nitrogens is 2. The Morgan fingerprint density at radius 3 is 3.00 bits per heavy atom. The molecule has 1 aliphatic heterocycles. The Morgan fingerprint density at radius 2 is 2.27 bits per heavy atom. The van der Waals surface area contributed by atoms with Gasteiger partial charge in [0, 0.05) is 24.7 Å². The minimum Gasteiger partial charge on any atom is -0.462 e. The van der Waals surface area contributed by atoms with Gasteiger partial charge in [0.05, 0.1) is 18.8 Å². The molecule has 1 fully saturated rings. The number of hydrogen-bond donors (Lipinski definition) is 2. The van der Waals surface area contributed by atoms with Crippen LogP contribution in [-0.2, 0) is 14.8 Å². The van der Waals surface area contributed by atoms with Crippen LogP contribution in [0.1, 0.15) is 28.9 Å². The Balaban J connectivity index is 2.00. The summed E-state index contributed by atoms with van der Waals surface area (Å²) in [7, 11) is -3.99. The minimum atomic E-state index is -3.99. The summed E-state index contributed by atoms with van der Waals surface area (Å²) in [6, 6.07) is 6.61. The van der Waals surface area contributed by atoms with Crippen molar-refractivity contribution in [3.63, 3.8) is 0 Å². The molecule has 1 atom stereocenters. The number of sulfonamides is 1. The molecule has 1 aliphatic rings. The highest BCUT2D eigenvalue weighted by molar-refractivity contribution is 7.89. The molecule has 0 spiro atoms. The molecule has 1 unspecified atom stereocenters. The molecule has 0 bridgehead atoms. The topological polar surface area (TPSA) is 104 Å². The lowest BCUT2D eigenvalue weighted by Gasteiger charge is -2.35. The fourth-order valence-corrected chi connectivity index (χ4v) is 4.79. The van der Waals surface area contributed by atoms with E-state index >= 15 is 0 Å². The zero-order valence-electron chi connectivity index (χ0n) is 14.1. The van der Waals surface area contributed by atoms with E-state index in [0.717, 1.165) is 5.56 Å². The van der Waals surface area contributed by atoms with Gasteiger partial charge in [0.25, 0.3) is 10.0 Å². The molecule has 26 heavy (non-hydrogen) atoms. The van der Waals surface area contributed by atoms with E-state index in [4.69, 9.17) is 16.3 Å². The lowest BCUT2D eigenvalue weighted by Crippen LogP contribution is -2.48. The standard InChI is InChI=1S/C16H19ClN4O4S/c1-2-25-16(22)13-9-19-20-15(13)26(23,24)21-7-6-18-10-14(21)11-4-3-5-12(17)8-11/h3-5,8-9,14,18H,2,6-7,10H2,1H3,(H,19,20). The fourth-order valence-electron chi connectivity index (χ4n) is 2.91. The van der Waals surface area contributed by atoms with Gasteiger partial charge in [-0.2, -0.15) is 9.40 Å². The Kier molecular flexibility index (Phi) is 5.61. The van der Waals surface area contributed by atoms with Crippen molar-refractivity contribution in [3.05, 3.63) is 46.6 Å². The first-order chi connectivity index (χ1) is 12.4.